The van der Waals surface area contributed by atoms with Gasteiger partial charge in [-0.15, -0.1) is 22.7 Å². The fraction of sp³-hybridized carbons (Fsp3) is 0.0952. The number of hydrogen-bond donors (Lipinski definition) is 1. The molecule has 0 spiro atoms. The third kappa shape index (κ3) is 4.32. The van der Waals surface area contributed by atoms with Crippen LogP contribution in [0.4, 0.5) is 0 Å². The summed E-state index contributed by atoms with van der Waals surface area (Å²) in [4.78, 5) is 35.2. The van der Waals surface area contributed by atoms with Gasteiger partial charge in [-0.25, -0.2) is 4.98 Å². The summed E-state index contributed by atoms with van der Waals surface area (Å²) in [6, 6.07) is 13.4. The van der Waals surface area contributed by atoms with Crippen LogP contribution in [-0.2, 0) is 11.3 Å². The van der Waals surface area contributed by atoms with Gasteiger partial charge in [0, 0.05) is 33.5 Å². The largest absolute Gasteiger partial charge is 0.335 e. The van der Waals surface area contributed by atoms with Crippen LogP contribution in [0.15, 0.2) is 58.7 Å². The van der Waals surface area contributed by atoms with Crippen molar-refractivity contribution >= 4 is 56.5 Å². The predicted molar refractivity (Wildman–Crippen MR) is 121 cm³/mol. The van der Waals surface area contributed by atoms with E-state index < -0.39 is 0 Å². The molecule has 0 bridgehead atoms. The lowest BCUT2D eigenvalue weighted by Crippen LogP contribution is -2.26. The normalized spacial score (nSPS) is 11.4. The molecule has 29 heavy (non-hydrogen) atoms. The number of fused-ring (bicyclic) bond motifs is 1. The molecular formula is C21H16ClN3O2S2. The molecule has 0 fully saturated rings. The maximum absolute atomic E-state index is 12.5. The zero-order valence-corrected chi connectivity index (χ0v) is 17.8. The molecule has 0 aliphatic rings. The van der Waals surface area contributed by atoms with Gasteiger partial charge >= 0.3 is 0 Å². The lowest BCUT2D eigenvalue weighted by Gasteiger charge is -2.14. The van der Waals surface area contributed by atoms with Gasteiger partial charge in [0.15, 0.2) is 0 Å². The summed E-state index contributed by atoms with van der Waals surface area (Å²) in [5.74, 6) is 0.285. The lowest BCUT2D eigenvalue weighted by molar-refractivity contribution is -0.125. The standard InChI is InChI=1S/C21H16ClN3O2S2/c1-25(12-18-23-16-10-11-28-20(16)21(27)24-18)19(26)9-7-13-6-8-17(29-13)14-4-2-3-5-15(14)22/h2-11H,12H2,1H3,(H,23,24,27)/b9-7+. The van der Waals surface area contributed by atoms with Gasteiger partial charge in [-0.2, -0.15) is 0 Å². The second-order valence-electron chi connectivity index (χ2n) is 6.36. The van der Waals surface area contributed by atoms with Crippen LogP contribution in [0.2, 0.25) is 5.02 Å². The van der Waals surface area contributed by atoms with Crippen molar-refractivity contribution in [2.24, 2.45) is 0 Å². The molecule has 1 amide bonds. The molecule has 4 aromatic rings. The highest BCUT2D eigenvalue weighted by molar-refractivity contribution is 7.17. The lowest BCUT2D eigenvalue weighted by atomic mass is 10.2. The number of likely N-dealkylation sites (N-methyl/N-ethyl adjacent to an activating group) is 1. The Morgan fingerprint density at radius 1 is 1.24 bits per heavy atom. The molecule has 3 heterocycles. The van der Waals surface area contributed by atoms with Gasteiger partial charge in [0.1, 0.15) is 10.5 Å². The van der Waals surface area contributed by atoms with E-state index in [1.807, 2.05) is 41.8 Å². The zero-order chi connectivity index (χ0) is 20.4. The van der Waals surface area contributed by atoms with Crippen molar-refractivity contribution in [3.05, 3.63) is 80.0 Å². The van der Waals surface area contributed by atoms with Gasteiger partial charge in [0.05, 0.1) is 12.1 Å². The first kappa shape index (κ1) is 19.6. The van der Waals surface area contributed by atoms with E-state index in [4.69, 9.17) is 11.6 Å². The van der Waals surface area contributed by atoms with Gasteiger partial charge in [0.2, 0.25) is 5.91 Å². The summed E-state index contributed by atoms with van der Waals surface area (Å²) in [5, 5.41) is 2.52. The zero-order valence-electron chi connectivity index (χ0n) is 15.4. The van der Waals surface area contributed by atoms with E-state index in [-0.39, 0.29) is 18.0 Å². The van der Waals surface area contributed by atoms with Crippen molar-refractivity contribution in [3.8, 4) is 10.4 Å². The van der Waals surface area contributed by atoms with Crippen molar-refractivity contribution in [2.45, 2.75) is 6.54 Å². The van der Waals surface area contributed by atoms with Crippen molar-refractivity contribution in [3.63, 3.8) is 0 Å². The Morgan fingerprint density at radius 3 is 2.90 bits per heavy atom. The summed E-state index contributed by atoms with van der Waals surface area (Å²) in [5.41, 5.74) is 1.44. The Morgan fingerprint density at radius 2 is 2.07 bits per heavy atom. The number of carbonyl (C=O) groups is 1. The molecule has 0 saturated carbocycles. The van der Waals surface area contributed by atoms with Crippen molar-refractivity contribution < 1.29 is 4.79 Å². The molecule has 146 valence electrons. The van der Waals surface area contributed by atoms with Gasteiger partial charge in [0.25, 0.3) is 5.56 Å². The van der Waals surface area contributed by atoms with E-state index >= 15 is 0 Å². The number of thiophene rings is 2. The molecule has 0 unspecified atom stereocenters. The van der Waals surface area contributed by atoms with Crippen LogP contribution >= 0.6 is 34.3 Å². The Kier molecular flexibility index (Phi) is 5.62. The first-order chi connectivity index (χ1) is 14.0. The highest BCUT2D eigenvalue weighted by Crippen LogP contribution is 2.33. The Balaban J connectivity index is 1.45. The number of halogens is 1. The van der Waals surface area contributed by atoms with Gasteiger partial charge < -0.3 is 9.88 Å². The SMILES string of the molecule is CN(Cc1nc2ccsc2c(=O)[nH]1)C(=O)/C=C/c1ccc(-c2ccccc2Cl)s1. The topological polar surface area (TPSA) is 66.1 Å². The number of nitrogens with zero attached hydrogens (tertiary/aromatic N) is 2. The molecule has 0 saturated heterocycles. The van der Waals surface area contributed by atoms with Gasteiger partial charge in [-0.05, 0) is 35.7 Å². The fourth-order valence-corrected chi connectivity index (χ4v) is 4.80. The van der Waals surface area contributed by atoms with Crippen LogP contribution in [0, 0.1) is 0 Å². The highest BCUT2D eigenvalue weighted by atomic mass is 35.5. The number of rotatable bonds is 5. The van der Waals surface area contributed by atoms with E-state index in [1.54, 1.807) is 30.5 Å². The van der Waals surface area contributed by atoms with Crippen LogP contribution in [0.1, 0.15) is 10.7 Å². The summed E-state index contributed by atoms with van der Waals surface area (Å²) < 4.78 is 0.592. The molecule has 0 radical (unpaired) electrons. The fourth-order valence-electron chi connectivity index (χ4n) is 2.83. The molecule has 4 rings (SSSR count). The minimum absolute atomic E-state index is 0.175. The average Bonchev–Trinajstić information content (AvgIpc) is 3.36. The number of nitrogens with one attached hydrogen (secondary N) is 1. The summed E-state index contributed by atoms with van der Waals surface area (Å²) in [6.07, 6.45) is 3.30. The minimum atomic E-state index is -0.179. The number of aromatic nitrogens is 2. The average molecular weight is 442 g/mol. The molecular weight excluding hydrogens is 426 g/mol. The number of benzene rings is 1. The maximum atomic E-state index is 12.5. The van der Waals surface area contributed by atoms with E-state index in [2.05, 4.69) is 9.97 Å². The van der Waals surface area contributed by atoms with E-state index in [9.17, 15) is 9.59 Å². The second-order valence-corrected chi connectivity index (χ2v) is 8.80. The number of H-pyrrole nitrogens is 1. The summed E-state index contributed by atoms with van der Waals surface area (Å²) in [7, 11) is 1.67. The maximum Gasteiger partial charge on any atom is 0.268 e. The Hall–Kier alpha value is -2.74. The number of carbonyl (C=O) groups excluding carboxylic acids is 1. The number of amides is 1. The van der Waals surface area contributed by atoms with Crippen LogP contribution in [0.25, 0.3) is 26.7 Å². The smallest absolute Gasteiger partial charge is 0.268 e. The van der Waals surface area contributed by atoms with Crippen molar-refractivity contribution in [2.75, 3.05) is 7.05 Å². The molecule has 0 aliphatic heterocycles. The van der Waals surface area contributed by atoms with E-state index in [0.717, 1.165) is 15.3 Å². The third-order valence-electron chi connectivity index (χ3n) is 4.28. The molecule has 1 aromatic carbocycles. The quantitative estimate of drug-likeness (QED) is 0.441. The molecule has 8 heteroatoms. The Bertz CT molecular complexity index is 1270. The van der Waals surface area contributed by atoms with E-state index in [1.165, 1.54) is 22.3 Å². The summed E-state index contributed by atoms with van der Waals surface area (Å²) >= 11 is 9.16. The Labute approximate surface area is 179 Å². The van der Waals surface area contributed by atoms with E-state index in [0.29, 0.717) is 21.1 Å². The first-order valence-electron chi connectivity index (χ1n) is 8.75. The summed E-state index contributed by atoms with van der Waals surface area (Å²) in [6.45, 7) is 0.222. The third-order valence-corrected chi connectivity index (χ3v) is 6.60. The van der Waals surface area contributed by atoms with Crippen LogP contribution in [-0.4, -0.2) is 27.8 Å². The molecule has 3 aromatic heterocycles. The van der Waals surface area contributed by atoms with Crippen LogP contribution in [0.5, 0.6) is 0 Å². The number of aromatic amines is 1. The molecule has 5 nitrogen and oxygen atoms in total. The molecule has 0 aliphatic carbocycles. The second kappa shape index (κ2) is 8.32. The highest BCUT2D eigenvalue weighted by Gasteiger charge is 2.11. The van der Waals surface area contributed by atoms with Gasteiger partial charge in [-0.3, -0.25) is 9.59 Å². The van der Waals surface area contributed by atoms with Crippen molar-refractivity contribution in [1.29, 1.82) is 0 Å². The molecule has 0 atom stereocenters. The van der Waals surface area contributed by atoms with Crippen molar-refractivity contribution in [1.82, 2.24) is 14.9 Å². The molecule has 1 N–H and O–H groups in total. The predicted octanol–water partition coefficient (Wildman–Crippen LogP) is 5.04. The monoisotopic (exact) mass is 441 g/mol. The van der Waals surface area contributed by atoms with Crippen LogP contribution in [0.3, 0.4) is 0 Å². The van der Waals surface area contributed by atoms with Gasteiger partial charge in [-0.1, -0.05) is 29.8 Å². The van der Waals surface area contributed by atoms with Crippen LogP contribution < -0.4 is 5.56 Å². The number of hydrogen-bond acceptors (Lipinski definition) is 5. The minimum Gasteiger partial charge on any atom is -0.335 e. The first-order valence-corrected chi connectivity index (χ1v) is 10.8.